The van der Waals surface area contributed by atoms with Crippen LogP contribution in [-0.4, -0.2) is 51.5 Å². The number of carbonyl (C=O) groups is 1. The summed E-state index contributed by atoms with van der Waals surface area (Å²) in [4.78, 5) is 14.5. The average molecular weight is 293 g/mol. The number of nitrogens with zero attached hydrogens (tertiary/aromatic N) is 2. The summed E-state index contributed by atoms with van der Waals surface area (Å²) in [5.74, 6) is 0.0160. The maximum Gasteiger partial charge on any atom is 0.226 e. The van der Waals surface area contributed by atoms with Crippen molar-refractivity contribution in [2.45, 2.75) is 50.2 Å². The zero-order valence-corrected chi connectivity index (χ0v) is 12.3. The zero-order chi connectivity index (χ0) is 14.7. The van der Waals surface area contributed by atoms with Crippen LogP contribution in [0.1, 0.15) is 50.3 Å². The van der Waals surface area contributed by atoms with Crippen molar-refractivity contribution in [3.05, 3.63) is 18.0 Å². The number of carbonyl (C=O) groups excluding carboxylic acids is 1. The number of rotatable bonds is 3. The summed E-state index contributed by atoms with van der Waals surface area (Å²) in [6.07, 6.45) is 6.55. The van der Waals surface area contributed by atoms with E-state index in [4.69, 9.17) is 4.74 Å². The standard InChI is InChI=1S/C15H23N3O3/c19-14(10-15(20)5-2-1-3-6-15)18-8-9-21-11-13(18)12-4-7-16-17-12/h4,7,13,20H,1-3,5-6,8-11H2,(H,16,17)/t13-/m0/s1. The second-order valence-corrected chi connectivity index (χ2v) is 6.15. The Labute approximate surface area is 124 Å². The smallest absolute Gasteiger partial charge is 0.226 e. The Morgan fingerprint density at radius 3 is 3.00 bits per heavy atom. The molecule has 0 unspecified atom stereocenters. The molecule has 0 bridgehead atoms. The van der Waals surface area contributed by atoms with E-state index in [1.54, 1.807) is 6.20 Å². The first-order valence-corrected chi connectivity index (χ1v) is 7.77. The highest BCUT2D eigenvalue weighted by atomic mass is 16.5. The fourth-order valence-electron chi connectivity index (χ4n) is 3.38. The minimum Gasteiger partial charge on any atom is -0.389 e. The van der Waals surface area contributed by atoms with Crippen LogP contribution in [0.3, 0.4) is 0 Å². The van der Waals surface area contributed by atoms with Gasteiger partial charge in [-0.3, -0.25) is 9.89 Å². The molecule has 1 saturated heterocycles. The molecule has 2 aliphatic rings. The quantitative estimate of drug-likeness (QED) is 0.883. The fourth-order valence-corrected chi connectivity index (χ4v) is 3.38. The summed E-state index contributed by atoms with van der Waals surface area (Å²) in [5, 5.41) is 17.5. The van der Waals surface area contributed by atoms with Crippen LogP contribution in [0.2, 0.25) is 0 Å². The van der Waals surface area contributed by atoms with Gasteiger partial charge in [-0.25, -0.2) is 0 Å². The van der Waals surface area contributed by atoms with Crippen LogP contribution in [0.5, 0.6) is 0 Å². The van der Waals surface area contributed by atoms with E-state index in [-0.39, 0.29) is 18.4 Å². The van der Waals surface area contributed by atoms with Crippen molar-refractivity contribution in [2.75, 3.05) is 19.8 Å². The van der Waals surface area contributed by atoms with E-state index in [0.717, 1.165) is 37.8 Å². The molecule has 21 heavy (non-hydrogen) atoms. The highest BCUT2D eigenvalue weighted by Crippen LogP contribution is 2.33. The molecular formula is C15H23N3O3. The van der Waals surface area contributed by atoms with Gasteiger partial charge in [0.2, 0.25) is 5.91 Å². The van der Waals surface area contributed by atoms with Gasteiger partial charge in [0.1, 0.15) is 0 Å². The number of aromatic nitrogens is 2. The predicted octanol–water partition coefficient (Wildman–Crippen LogP) is 1.39. The lowest BCUT2D eigenvalue weighted by molar-refractivity contribution is -0.146. The van der Waals surface area contributed by atoms with Crippen LogP contribution in [-0.2, 0) is 9.53 Å². The number of H-pyrrole nitrogens is 1. The van der Waals surface area contributed by atoms with Crippen molar-refractivity contribution in [2.24, 2.45) is 0 Å². The molecule has 0 radical (unpaired) electrons. The number of amides is 1. The fraction of sp³-hybridized carbons (Fsp3) is 0.733. The molecular weight excluding hydrogens is 270 g/mol. The monoisotopic (exact) mass is 293 g/mol. The molecule has 1 aliphatic heterocycles. The summed E-state index contributed by atoms with van der Waals surface area (Å²) < 4.78 is 5.50. The largest absolute Gasteiger partial charge is 0.389 e. The van der Waals surface area contributed by atoms with Gasteiger partial charge in [-0.05, 0) is 18.9 Å². The number of aliphatic hydroxyl groups is 1. The lowest BCUT2D eigenvalue weighted by Gasteiger charge is -2.38. The van der Waals surface area contributed by atoms with Crippen LogP contribution < -0.4 is 0 Å². The highest BCUT2D eigenvalue weighted by molar-refractivity contribution is 5.78. The number of ether oxygens (including phenoxy) is 1. The van der Waals surface area contributed by atoms with Gasteiger partial charge in [0.25, 0.3) is 0 Å². The molecule has 6 nitrogen and oxygen atoms in total. The lowest BCUT2D eigenvalue weighted by Crippen LogP contribution is -2.47. The van der Waals surface area contributed by atoms with Crippen molar-refractivity contribution >= 4 is 5.91 Å². The van der Waals surface area contributed by atoms with E-state index in [2.05, 4.69) is 10.2 Å². The van der Waals surface area contributed by atoms with E-state index in [1.807, 2.05) is 11.0 Å². The molecule has 0 aromatic carbocycles. The Morgan fingerprint density at radius 1 is 1.48 bits per heavy atom. The summed E-state index contributed by atoms with van der Waals surface area (Å²) in [6, 6.07) is 1.75. The first-order chi connectivity index (χ1) is 10.2. The van der Waals surface area contributed by atoms with E-state index < -0.39 is 5.60 Å². The van der Waals surface area contributed by atoms with Gasteiger partial charge in [-0.1, -0.05) is 19.3 Å². The molecule has 116 valence electrons. The van der Waals surface area contributed by atoms with Crippen LogP contribution in [0.15, 0.2) is 12.3 Å². The molecule has 6 heteroatoms. The first kappa shape index (κ1) is 14.5. The van der Waals surface area contributed by atoms with Crippen molar-refractivity contribution in [3.63, 3.8) is 0 Å². The van der Waals surface area contributed by atoms with Gasteiger partial charge in [0.05, 0.1) is 37.0 Å². The summed E-state index contributed by atoms with van der Waals surface area (Å²) in [5.41, 5.74) is 0.0743. The Morgan fingerprint density at radius 2 is 2.29 bits per heavy atom. The van der Waals surface area contributed by atoms with E-state index >= 15 is 0 Å². The van der Waals surface area contributed by atoms with Crippen LogP contribution >= 0.6 is 0 Å². The molecule has 1 aliphatic carbocycles. The van der Waals surface area contributed by atoms with Crippen LogP contribution in [0.25, 0.3) is 0 Å². The van der Waals surface area contributed by atoms with Gasteiger partial charge in [-0.2, -0.15) is 5.10 Å². The van der Waals surface area contributed by atoms with Gasteiger partial charge in [0, 0.05) is 12.7 Å². The number of aromatic amines is 1. The number of nitrogens with one attached hydrogen (secondary N) is 1. The molecule has 1 amide bonds. The molecule has 1 saturated carbocycles. The Kier molecular flexibility index (Phi) is 4.26. The van der Waals surface area contributed by atoms with E-state index in [1.165, 1.54) is 0 Å². The van der Waals surface area contributed by atoms with Gasteiger partial charge >= 0.3 is 0 Å². The van der Waals surface area contributed by atoms with Gasteiger partial charge < -0.3 is 14.7 Å². The van der Waals surface area contributed by atoms with Crippen molar-refractivity contribution in [3.8, 4) is 0 Å². The summed E-state index contributed by atoms with van der Waals surface area (Å²) in [6.45, 7) is 1.60. The third kappa shape index (κ3) is 3.27. The molecule has 2 heterocycles. The Bertz CT molecular complexity index is 469. The minimum atomic E-state index is -0.813. The molecule has 1 atom stereocenters. The number of hydrogen-bond acceptors (Lipinski definition) is 4. The maximum atomic E-state index is 12.7. The molecule has 0 spiro atoms. The molecule has 1 aromatic rings. The SMILES string of the molecule is O=C(CC1(O)CCCCC1)N1CCOC[C@H]1c1ccn[nH]1. The predicted molar refractivity (Wildman–Crippen MR) is 76.5 cm³/mol. The van der Waals surface area contributed by atoms with Crippen molar-refractivity contribution < 1.29 is 14.6 Å². The second kappa shape index (κ2) is 6.15. The maximum absolute atomic E-state index is 12.7. The molecule has 1 aromatic heterocycles. The summed E-state index contributed by atoms with van der Waals surface area (Å²) >= 11 is 0. The first-order valence-electron chi connectivity index (χ1n) is 7.77. The normalized spacial score (nSPS) is 25.8. The lowest BCUT2D eigenvalue weighted by atomic mass is 9.82. The third-order valence-corrected chi connectivity index (χ3v) is 4.59. The Balaban J connectivity index is 1.69. The van der Waals surface area contributed by atoms with E-state index in [9.17, 15) is 9.90 Å². The molecule has 2 N–H and O–H groups in total. The molecule has 2 fully saturated rings. The number of hydrogen-bond donors (Lipinski definition) is 2. The van der Waals surface area contributed by atoms with Gasteiger partial charge in [-0.15, -0.1) is 0 Å². The average Bonchev–Trinajstić information content (AvgIpc) is 3.01. The topological polar surface area (TPSA) is 78.4 Å². The van der Waals surface area contributed by atoms with E-state index in [0.29, 0.717) is 19.8 Å². The van der Waals surface area contributed by atoms with Crippen LogP contribution in [0, 0.1) is 0 Å². The van der Waals surface area contributed by atoms with Gasteiger partial charge in [0.15, 0.2) is 0 Å². The zero-order valence-electron chi connectivity index (χ0n) is 12.3. The molecule has 3 rings (SSSR count). The summed E-state index contributed by atoms with van der Waals surface area (Å²) in [7, 11) is 0. The number of morpholine rings is 1. The Hall–Kier alpha value is -1.40. The highest BCUT2D eigenvalue weighted by Gasteiger charge is 2.36. The minimum absolute atomic E-state index is 0.0160. The van der Waals surface area contributed by atoms with Crippen molar-refractivity contribution in [1.82, 2.24) is 15.1 Å². The second-order valence-electron chi connectivity index (χ2n) is 6.15. The third-order valence-electron chi connectivity index (χ3n) is 4.59. The van der Waals surface area contributed by atoms with Crippen molar-refractivity contribution in [1.29, 1.82) is 0 Å². The van der Waals surface area contributed by atoms with Crippen LogP contribution in [0.4, 0.5) is 0 Å².